The van der Waals surface area contributed by atoms with Gasteiger partial charge in [0.15, 0.2) is 10.8 Å². The highest BCUT2D eigenvalue weighted by Gasteiger charge is 2.19. The molecule has 6 nitrogen and oxygen atoms in total. The number of carboxylic acid groups (broad SMARTS) is 1. The molecule has 1 heterocycles. The predicted octanol–water partition coefficient (Wildman–Crippen LogP) is 2.08. The van der Waals surface area contributed by atoms with E-state index in [1.54, 1.807) is 24.3 Å². The van der Waals surface area contributed by atoms with E-state index in [0.29, 0.717) is 5.56 Å². The van der Waals surface area contributed by atoms with Crippen LogP contribution in [0.15, 0.2) is 42.5 Å². The van der Waals surface area contributed by atoms with Crippen molar-refractivity contribution in [2.75, 3.05) is 0 Å². The molecule has 0 aliphatic carbocycles. The summed E-state index contributed by atoms with van der Waals surface area (Å²) in [6.07, 6.45) is -0.225. The molecule has 1 aromatic heterocycles. The summed E-state index contributed by atoms with van der Waals surface area (Å²) in [6, 6.07) is 11.1. The average Bonchev–Trinajstić information content (AvgIpc) is 2.47. The number of aromatic nitrogens is 2. The number of hydrogen-bond acceptors (Lipinski definition) is 4. The van der Waals surface area contributed by atoms with Crippen LogP contribution in [0.4, 0.5) is 0 Å². The molecule has 0 spiro atoms. The van der Waals surface area contributed by atoms with Crippen molar-refractivity contribution in [1.29, 1.82) is 0 Å². The summed E-state index contributed by atoms with van der Waals surface area (Å²) in [5, 5.41) is 19.0. The summed E-state index contributed by atoms with van der Waals surface area (Å²) < 4.78 is 0. The first kappa shape index (κ1) is 14.9. The molecule has 2 rings (SSSR count). The lowest BCUT2D eigenvalue weighted by Crippen LogP contribution is -2.30. The van der Waals surface area contributed by atoms with Gasteiger partial charge in [-0.1, -0.05) is 41.9 Å². The third-order valence-corrected chi connectivity index (χ3v) is 2.95. The van der Waals surface area contributed by atoms with E-state index in [0.717, 1.165) is 0 Å². The lowest BCUT2D eigenvalue weighted by atomic mass is 10.0. The molecule has 0 aliphatic heterocycles. The van der Waals surface area contributed by atoms with Crippen LogP contribution >= 0.6 is 11.6 Å². The molecule has 2 aromatic rings. The second-order valence-electron chi connectivity index (χ2n) is 4.28. The van der Waals surface area contributed by atoms with Gasteiger partial charge in [0.25, 0.3) is 5.91 Å². The smallest absolute Gasteiger partial charge is 0.305 e. The van der Waals surface area contributed by atoms with Crippen LogP contribution in [0.5, 0.6) is 0 Å². The number of carboxylic acids is 1. The topological polar surface area (TPSA) is 92.2 Å². The third kappa shape index (κ3) is 4.25. The molecule has 108 valence electrons. The second kappa shape index (κ2) is 6.81. The Morgan fingerprint density at radius 3 is 2.43 bits per heavy atom. The molecule has 2 N–H and O–H groups in total. The van der Waals surface area contributed by atoms with Crippen molar-refractivity contribution in [2.24, 2.45) is 0 Å². The SMILES string of the molecule is O=C(O)CC(NC(=O)c1ccc(Cl)nn1)c1ccccc1. The maximum Gasteiger partial charge on any atom is 0.305 e. The van der Waals surface area contributed by atoms with Crippen LogP contribution in [0.25, 0.3) is 0 Å². The molecule has 1 atom stereocenters. The lowest BCUT2D eigenvalue weighted by molar-refractivity contribution is -0.137. The minimum Gasteiger partial charge on any atom is -0.481 e. The van der Waals surface area contributed by atoms with E-state index in [-0.39, 0.29) is 17.3 Å². The summed E-state index contributed by atoms with van der Waals surface area (Å²) in [6.45, 7) is 0. The fourth-order valence-corrected chi connectivity index (χ4v) is 1.88. The highest BCUT2D eigenvalue weighted by atomic mass is 35.5. The molecule has 0 fully saturated rings. The summed E-state index contributed by atoms with van der Waals surface area (Å²) >= 11 is 5.60. The van der Waals surface area contributed by atoms with Crippen molar-refractivity contribution in [3.63, 3.8) is 0 Å². The maximum absolute atomic E-state index is 12.1. The Labute approximate surface area is 125 Å². The van der Waals surface area contributed by atoms with Crippen molar-refractivity contribution in [1.82, 2.24) is 15.5 Å². The van der Waals surface area contributed by atoms with E-state index < -0.39 is 17.9 Å². The van der Waals surface area contributed by atoms with Crippen LogP contribution in [0.2, 0.25) is 5.15 Å². The van der Waals surface area contributed by atoms with Gasteiger partial charge in [-0.25, -0.2) is 0 Å². The van der Waals surface area contributed by atoms with Gasteiger partial charge in [-0.3, -0.25) is 9.59 Å². The Morgan fingerprint density at radius 1 is 1.14 bits per heavy atom. The van der Waals surface area contributed by atoms with E-state index in [9.17, 15) is 9.59 Å². The van der Waals surface area contributed by atoms with Crippen LogP contribution in [0.3, 0.4) is 0 Å². The number of benzene rings is 1. The van der Waals surface area contributed by atoms with E-state index >= 15 is 0 Å². The van der Waals surface area contributed by atoms with Crippen LogP contribution in [-0.2, 0) is 4.79 Å². The zero-order valence-electron chi connectivity index (χ0n) is 10.9. The zero-order chi connectivity index (χ0) is 15.2. The monoisotopic (exact) mass is 305 g/mol. The minimum atomic E-state index is -1.01. The number of amides is 1. The molecule has 1 unspecified atom stereocenters. The Balaban J connectivity index is 2.17. The third-order valence-electron chi connectivity index (χ3n) is 2.75. The van der Waals surface area contributed by atoms with Crippen molar-refractivity contribution in [3.8, 4) is 0 Å². The molecule has 1 aromatic carbocycles. The van der Waals surface area contributed by atoms with Gasteiger partial charge in [0.05, 0.1) is 12.5 Å². The van der Waals surface area contributed by atoms with Gasteiger partial charge >= 0.3 is 5.97 Å². The number of hydrogen-bond donors (Lipinski definition) is 2. The Hall–Kier alpha value is -2.47. The molecule has 7 heteroatoms. The first-order valence-electron chi connectivity index (χ1n) is 6.13. The molecule has 0 bridgehead atoms. The molecule has 21 heavy (non-hydrogen) atoms. The zero-order valence-corrected chi connectivity index (χ0v) is 11.6. The van der Waals surface area contributed by atoms with Gasteiger partial charge in [-0.2, -0.15) is 0 Å². The summed E-state index contributed by atoms with van der Waals surface area (Å²) in [7, 11) is 0. The van der Waals surface area contributed by atoms with E-state index in [1.165, 1.54) is 12.1 Å². The van der Waals surface area contributed by atoms with Gasteiger partial charge in [0.2, 0.25) is 0 Å². The first-order valence-corrected chi connectivity index (χ1v) is 6.51. The maximum atomic E-state index is 12.1. The highest BCUT2D eigenvalue weighted by Crippen LogP contribution is 2.17. The average molecular weight is 306 g/mol. The molecule has 0 saturated carbocycles. The van der Waals surface area contributed by atoms with Gasteiger partial charge in [-0.15, -0.1) is 10.2 Å². The standard InChI is InChI=1S/C14H12ClN3O3/c15-12-7-6-10(17-18-12)14(21)16-11(8-13(19)20)9-4-2-1-3-5-9/h1-7,11H,8H2,(H,16,21)(H,19,20). The lowest BCUT2D eigenvalue weighted by Gasteiger charge is -2.17. The van der Waals surface area contributed by atoms with E-state index in [1.807, 2.05) is 6.07 Å². The normalized spacial score (nSPS) is 11.7. The number of carbonyl (C=O) groups is 2. The van der Waals surface area contributed by atoms with Gasteiger partial charge < -0.3 is 10.4 Å². The van der Waals surface area contributed by atoms with Crippen LogP contribution in [-0.4, -0.2) is 27.2 Å². The fourth-order valence-electron chi connectivity index (χ4n) is 1.78. The molecular weight excluding hydrogens is 294 g/mol. The van der Waals surface area contributed by atoms with Crippen LogP contribution in [0, 0.1) is 0 Å². The van der Waals surface area contributed by atoms with Gasteiger partial charge in [-0.05, 0) is 17.7 Å². The molecule has 0 saturated heterocycles. The number of rotatable bonds is 5. The number of nitrogens with one attached hydrogen (secondary N) is 1. The Morgan fingerprint density at radius 2 is 1.86 bits per heavy atom. The summed E-state index contributed by atoms with van der Waals surface area (Å²) in [5.41, 5.74) is 0.779. The van der Waals surface area contributed by atoms with Crippen molar-refractivity contribution < 1.29 is 14.7 Å². The predicted molar refractivity (Wildman–Crippen MR) is 75.9 cm³/mol. The van der Waals surface area contributed by atoms with Crippen LogP contribution < -0.4 is 5.32 Å². The second-order valence-corrected chi connectivity index (χ2v) is 4.66. The minimum absolute atomic E-state index is 0.0747. The quantitative estimate of drug-likeness (QED) is 0.882. The van der Waals surface area contributed by atoms with Gasteiger partial charge in [0.1, 0.15) is 0 Å². The first-order chi connectivity index (χ1) is 10.1. The number of nitrogens with zero attached hydrogens (tertiary/aromatic N) is 2. The summed E-state index contributed by atoms with van der Waals surface area (Å²) in [5.74, 6) is -1.51. The van der Waals surface area contributed by atoms with E-state index in [4.69, 9.17) is 16.7 Å². The largest absolute Gasteiger partial charge is 0.481 e. The van der Waals surface area contributed by atoms with Crippen molar-refractivity contribution >= 4 is 23.5 Å². The van der Waals surface area contributed by atoms with Crippen molar-refractivity contribution in [2.45, 2.75) is 12.5 Å². The van der Waals surface area contributed by atoms with Gasteiger partial charge in [0, 0.05) is 0 Å². The number of halogens is 1. The Bertz CT molecular complexity index is 632. The molecule has 0 aliphatic rings. The fraction of sp³-hybridized carbons (Fsp3) is 0.143. The molecule has 0 radical (unpaired) electrons. The van der Waals surface area contributed by atoms with Crippen LogP contribution in [0.1, 0.15) is 28.5 Å². The highest BCUT2D eigenvalue weighted by molar-refractivity contribution is 6.29. The van der Waals surface area contributed by atoms with E-state index in [2.05, 4.69) is 15.5 Å². The van der Waals surface area contributed by atoms with Crippen molar-refractivity contribution in [3.05, 3.63) is 58.9 Å². The summed E-state index contributed by atoms with van der Waals surface area (Å²) in [4.78, 5) is 23.0. The molecule has 1 amide bonds. The Kier molecular flexibility index (Phi) is 4.84. The number of aliphatic carboxylic acids is 1. The number of carbonyl (C=O) groups excluding carboxylic acids is 1. The molecular formula is C14H12ClN3O3.